The van der Waals surface area contributed by atoms with Gasteiger partial charge in [0.2, 0.25) is 15.9 Å². The molecule has 0 aromatic heterocycles. The zero-order valence-corrected chi connectivity index (χ0v) is 23.0. The summed E-state index contributed by atoms with van der Waals surface area (Å²) in [6, 6.07) is 21.2. The molecule has 1 aliphatic heterocycles. The van der Waals surface area contributed by atoms with Crippen LogP contribution in [0.15, 0.2) is 82.2 Å². The summed E-state index contributed by atoms with van der Waals surface area (Å²) >= 11 is 9.34. The maximum Gasteiger partial charge on any atom is 0.243 e. The zero-order chi connectivity index (χ0) is 25.7. The minimum Gasteiger partial charge on any atom is -0.497 e. The van der Waals surface area contributed by atoms with E-state index in [1.807, 2.05) is 24.3 Å². The van der Waals surface area contributed by atoms with Crippen LogP contribution in [-0.2, 0) is 21.4 Å². The van der Waals surface area contributed by atoms with Gasteiger partial charge in [-0.15, -0.1) is 0 Å². The van der Waals surface area contributed by atoms with Gasteiger partial charge in [0.25, 0.3) is 0 Å². The summed E-state index contributed by atoms with van der Waals surface area (Å²) in [5.74, 6) is 0.569. The molecule has 3 aromatic carbocycles. The van der Waals surface area contributed by atoms with E-state index in [4.69, 9.17) is 16.3 Å². The van der Waals surface area contributed by atoms with Gasteiger partial charge in [-0.05, 0) is 66.2 Å². The van der Waals surface area contributed by atoms with Crippen LogP contribution in [0.3, 0.4) is 0 Å². The summed E-state index contributed by atoms with van der Waals surface area (Å²) < 4.78 is 34.3. The Hall–Kier alpha value is -2.59. The second-order valence-corrected chi connectivity index (χ2v) is 11.7. The van der Waals surface area contributed by atoms with Crippen LogP contribution in [0.5, 0.6) is 5.75 Å². The lowest BCUT2D eigenvalue weighted by Crippen LogP contribution is -2.51. The van der Waals surface area contributed by atoms with Gasteiger partial charge in [0.05, 0.1) is 18.6 Å². The average Bonchev–Trinajstić information content (AvgIpc) is 2.90. The highest BCUT2D eigenvalue weighted by Gasteiger charge is 2.30. The van der Waals surface area contributed by atoms with Crippen molar-refractivity contribution in [1.82, 2.24) is 9.21 Å². The van der Waals surface area contributed by atoms with Crippen molar-refractivity contribution in [3.63, 3.8) is 0 Å². The number of hydrogen-bond acceptors (Lipinski definition) is 5. The van der Waals surface area contributed by atoms with Crippen molar-refractivity contribution in [2.24, 2.45) is 0 Å². The van der Waals surface area contributed by atoms with Crippen LogP contribution in [0.1, 0.15) is 5.56 Å². The van der Waals surface area contributed by atoms with Crippen molar-refractivity contribution in [2.75, 3.05) is 44.7 Å². The molecule has 0 spiro atoms. The number of carbonyl (C=O) groups is 1. The average molecular weight is 593 g/mol. The number of anilines is 1. The van der Waals surface area contributed by atoms with Crippen molar-refractivity contribution < 1.29 is 17.9 Å². The number of hydrogen-bond donors (Lipinski definition) is 0. The molecule has 190 valence electrons. The maximum atomic E-state index is 13.5. The SMILES string of the molecule is COc1ccc(N2CCN(C(=O)CN(Cc3ccc(Cl)cc3)S(=O)(=O)c3ccc(Br)cc3)CC2)cc1. The Morgan fingerprint density at radius 3 is 2.14 bits per heavy atom. The topological polar surface area (TPSA) is 70.2 Å². The molecule has 1 aliphatic rings. The minimum atomic E-state index is -3.91. The predicted octanol–water partition coefficient (Wildman–Crippen LogP) is 4.65. The lowest BCUT2D eigenvalue weighted by atomic mass is 10.2. The largest absolute Gasteiger partial charge is 0.497 e. The fourth-order valence-corrected chi connectivity index (χ4v) is 5.80. The number of nitrogens with zero attached hydrogens (tertiary/aromatic N) is 3. The van der Waals surface area contributed by atoms with E-state index in [-0.39, 0.29) is 23.9 Å². The van der Waals surface area contributed by atoms with Crippen LogP contribution < -0.4 is 9.64 Å². The zero-order valence-electron chi connectivity index (χ0n) is 19.8. The Labute approximate surface area is 225 Å². The molecule has 1 heterocycles. The third-order valence-electron chi connectivity index (χ3n) is 6.11. The molecule has 0 N–H and O–H groups in total. The highest BCUT2D eigenvalue weighted by molar-refractivity contribution is 9.10. The van der Waals surface area contributed by atoms with E-state index in [0.717, 1.165) is 21.5 Å². The van der Waals surface area contributed by atoms with Crippen molar-refractivity contribution in [3.8, 4) is 5.75 Å². The quantitative estimate of drug-likeness (QED) is 0.381. The highest BCUT2D eigenvalue weighted by atomic mass is 79.9. The van der Waals surface area contributed by atoms with E-state index >= 15 is 0 Å². The fourth-order valence-electron chi connectivity index (χ4n) is 4.03. The number of methoxy groups -OCH3 is 1. The molecule has 3 aromatic rings. The Morgan fingerprint density at radius 1 is 0.944 bits per heavy atom. The number of piperazine rings is 1. The second kappa shape index (κ2) is 11.6. The van der Waals surface area contributed by atoms with Gasteiger partial charge in [-0.2, -0.15) is 4.31 Å². The van der Waals surface area contributed by atoms with Crippen molar-refractivity contribution >= 4 is 49.1 Å². The number of sulfonamides is 1. The number of ether oxygens (including phenoxy) is 1. The van der Waals surface area contributed by atoms with Crippen molar-refractivity contribution in [3.05, 3.63) is 87.9 Å². The van der Waals surface area contributed by atoms with Gasteiger partial charge in [-0.25, -0.2) is 8.42 Å². The maximum absolute atomic E-state index is 13.5. The number of rotatable bonds is 8. The fraction of sp³-hybridized carbons (Fsp3) is 0.269. The first-order valence-electron chi connectivity index (χ1n) is 11.4. The molecule has 4 rings (SSSR count). The van der Waals surface area contributed by atoms with E-state index in [1.165, 1.54) is 16.4 Å². The molecule has 1 fully saturated rings. The highest BCUT2D eigenvalue weighted by Crippen LogP contribution is 2.23. The standard InChI is InChI=1S/C26H27BrClN3O4S/c1-35-24-10-8-23(9-11-24)29-14-16-30(17-15-29)26(32)19-31(18-20-2-6-22(28)7-3-20)36(33,34)25-12-4-21(27)5-13-25/h2-13H,14-19H2,1H3. The summed E-state index contributed by atoms with van der Waals surface area (Å²) in [5, 5.41) is 0.562. The molecular formula is C26H27BrClN3O4S. The van der Waals surface area contributed by atoms with E-state index < -0.39 is 10.0 Å². The van der Waals surface area contributed by atoms with Crippen LogP contribution in [0.25, 0.3) is 0 Å². The van der Waals surface area contributed by atoms with Crippen LogP contribution in [0.4, 0.5) is 5.69 Å². The number of amides is 1. The third kappa shape index (κ3) is 6.39. The van der Waals surface area contributed by atoms with Gasteiger partial charge in [-0.3, -0.25) is 4.79 Å². The summed E-state index contributed by atoms with van der Waals surface area (Å²) in [6.07, 6.45) is 0. The van der Waals surface area contributed by atoms with Gasteiger partial charge in [-0.1, -0.05) is 39.7 Å². The van der Waals surface area contributed by atoms with Gasteiger partial charge < -0.3 is 14.5 Å². The van der Waals surface area contributed by atoms with Crippen molar-refractivity contribution in [2.45, 2.75) is 11.4 Å². The number of carbonyl (C=O) groups excluding carboxylic acids is 1. The number of benzene rings is 3. The minimum absolute atomic E-state index is 0.0626. The van der Waals surface area contributed by atoms with Crippen molar-refractivity contribution in [1.29, 1.82) is 0 Å². The summed E-state index contributed by atoms with van der Waals surface area (Å²) in [4.78, 5) is 17.3. The lowest BCUT2D eigenvalue weighted by Gasteiger charge is -2.37. The molecule has 0 saturated carbocycles. The molecule has 36 heavy (non-hydrogen) atoms. The molecule has 1 amide bonds. The van der Waals surface area contributed by atoms with Gasteiger partial charge in [0.15, 0.2) is 0 Å². The smallest absolute Gasteiger partial charge is 0.243 e. The van der Waals surface area contributed by atoms with Crippen LogP contribution in [0.2, 0.25) is 5.02 Å². The molecule has 0 atom stereocenters. The predicted molar refractivity (Wildman–Crippen MR) is 145 cm³/mol. The Balaban J connectivity index is 1.47. The van der Waals surface area contributed by atoms with E-state index in [0.29, 0.717) is 31.2 Å². The molecule has 0 radical (unpaired) electrons. The van der Waals surface area contributed by atoms with Gasteiger partial charge in [0, 0.05) is 47.9 Å². The Bertz CT molecular complexity index is 1280. The second-order valence-electron chi connectivity index (χ2n) is 8.42. The molecule has 0 aliphatic carbocycles. The van der Waals surface area contributed by atoms with E-state index in [9.17, 15) is 13.2 Å². The monoisotopic (exact) mass is 591 g/mol. The summed E-state index contributed by atoms with van der Waals surface area (Å²) in [7, 11) is -2.28. The Morgan fingerprint density at radius 2 is 1.56 bits per heavy atom. The lowest BCUT2D eigenvalue weighted by molar-refractivity contribution is -0.131. The van der Waals surface area contributed by atoms with E-state index in [2.05, 4.69) is 20.8 Å². The first kappa shape index (κ1) is 26.5. The van der Waals surface area contributed by atoms with Crippen LogP contribution >= 0.6 is 27.5 Å². The van der Waals surface area contributed by atoms with Gasteiger partial charge >= 0.3 is 0 Å². The number of halogens is 2. The molecule has 1 saturated heterocycles. The third-order valence-corrected chi connectivity index (χ3v) is 8.69. The summed E-state index contributed by atoms with van der Waals surface area (Å²) in [5.41, 5.74) is 1.81. The molecule has 0 bridgehead atoms. The van der Waals surface area contributed by atoms with Gasteiger partial charge in [0.1, 0.15) is 5.75 Å². The van der Waals surface area contributed by atoms with E-state index in [1.54, 1.807) is 48.4 Å². The van der Waals surface area contributed by atoms with Crippen LogP contribution in [-0.4, -0.2) is 63.4 Å². The molecule has 10 heteroatoms. The molecule has 7 nitrogen and oxygen atoms in total. The normalized spacial score (nSPS) is 14.2. The summed E-state index contributed by atoms with van der Waals surface area (Å²) in [6.45, 7) is 2.16. The molecular weight excluding hydrogens is 566 g/mol. The first-order chi connectivity index (χ1) is 17.3. The molecule has 0 unspecified atom stereocenters. The van der Waals surface area contributed by atoms with Crippen LogP contribution in [0, 0.1) is 0 Å². The Kier molecular flexibility index (Phi) is 8.56. The first-order valence-corrected chi connectivity index (χ1v) is 14.0.